The Hall–Kier alpha value is -3.73. The van der Waals surface area contributed by atoms with Crippen LogP contribution >= 0.6 is 7.26 Å². The molecule has 6 aromatic rings. The van der Waals surface area contributed by atoms with Crippen LogP contribution in [-0.4, -0.2) is 0 Å². The molecule has 0 aromatic heterocycles. The maximum Gasteiger partial charge on any atom is 0.144 e. The summed E-state index contributed by atoms with van der Waals surface area (Å²) in [5.41, 5.74) is 0. The summed E-state index contributed by atoms with van der Waals surface area (Å²) < 4.78 is 0. The zero-order chi connectivity index (χ0) is 22.1. The first-order chi connectivity index (χ1) is 16.4. The van der Waals surface area contributed by atoms with Crippen LogP contribution in [0.5, 0.6) is 0 Å². The Morgan fingerprint density at radius 1 is 0.273 bits per heavy atom. The van der Waals surface area contributed by atoms with Crippen LogP contribution in [0.2, 0.25) is 0 Å². The van der Waals surface area contributed by atoms with Crippen molar-refractivity contribution >= 4 is 50.0 Å². The predicted octanol–water partition coefficient (Wildman–Crippen LogP) is 6.61. The van der Waals surface area contributed by atoms with Crippen LogP contribution < -0.4 is 21.2 Å². The predicted molar refractivity (Wildman–Crippen MR) is 146 cm³/mol. The maximum absolute atomic E-state index is 2.43. The molecule has 0 amide bonds. The average Bonchev–Trinajstić information content (AvgIpc) is 2.90. The standard InChI is InChI=1S/C32H24P/c1-4-14-29(15-5-1)33(30-16-6-2-7-17-30,31-18-8-3-9-19-31)32-21-20-27-22-25-12-10-11-13-26(25)23-28(27)24-32/h1-24H/q+1. The molecule has 0 spiro atoms. The Kier molecular flexibility index (Phi) is 5.02. The van der Waals surface area contributed by atoms with E-state index in [0.29, 0.717) is 0 Å². The molecule has 0 saturated heterocycles. The van der Waals surface area contributed by atoms with Gasteiger partial charge in [-0.05, 0) is 82.2 Å². The fourth-order valence-electron chi connectivity index (χ4n) is 4.99. The molecule has 0 bridgehead atoms. The molecule has 0 aliphatic carbocycles. The van der Waals surface area contributed by atoms with E-state index in [2.05, 4.69) is 146 Å². The van der Waals surface area contributed by atoms with Crippen LogP contribution in [0.15, 0.2) is 146 Å². The highest BCUT2D eigenvalue weighted by atomic mass is 31.2. The first-order valence-corrected chi connectivity index (χ1v) is 13.1. The van der Waals surface area contributed by atoms with Crippen molar-refractivity contribution in [2.45, 2.75) is 0 Å². The third-order valence-electron chi connectivity index (χ3n) is 6.51. The van der Waals surface area contributed by atoms with E-state index in [1.807, 2.05) is 0 Å². The zero-order valence-corrected chi connectivity index (χ0v) is 19.2. The minimum atomic E-state index is -2.07. The monoisotopic (exact) mass is 439 g/mol. The van der Waals surface area contributed by atoms with Crippen LogP contribution in [0.1, 0.15) is 0 Å². The van der Waals surface area contributed by atoms with E-state index in [1.165, 1.54) is 42.8 Å². The summed E-state index contributed by atoms with van der Waals surface area (Å²) in [6.45, 7) is 0. The van der Waals surface area contributed by atoms with E-state index in [4.69, 9.17) is 0 Å². The van der Waals surface area contributed by atoms with Gasteiger partial charge in [-0.2, -0.15) is 0 Å². The second-order valence-electron chi connectivity index (χ2n) is 8.41. The Morgan fingerprint density at radius 2 is 0.667 bits per heavy atom. The molecule has 6 rings (SSSR count). The quantitative estimate of drug-likeness (QED) is 0.214. The van der Waals surface area contributed by atoms with Crippen molar-refractivity contribution in [2.75, 3.05) is 0 Å². The highest BCUT2D eigenvalue weighted by molar-refractivity contribution is 8.01. The smallest absolute Gasteiger partial charge is 0.0620 e. The van der Waals surface area contributed by atoms with E-state index in [0.717, 1.165) is 0 Å². The highest BCUT2D eigenvalue weighted by Gasteiger charge is 2.47. The lowest BCUT2D eigenvalue weighted by atomic mass is 10.0. The SMILES string of the molecule is c1ccc([P+](c2ccccc2)(c2ccccc2)c2ccc3cc4ccccc4cc3c2)cc1. The first kappa shape index (κ1) is 19.9. The highest BCUT2D eigenvalue weighted by Crippen LogP contribution is 2.54. The summed E-state index contributed by atoms with van der Waals surface area (Å²) in [6.07, 6.45) is 0. The van der Waals surface area contributed by atoms with Gasteiger partial charge >= 0.3 is 0 Å². The lowest BCUT2D eigenvalue weighted by Crippen LogP contribution is -2.38. The van der Waals surface area contributed by atoms with E-state index in [-0.39, 0.29) is 0 Å². The van der Waals surface area contributed by atoms with Crippen molar-refractivity contribution in [3.8, 4) is 0 Å². The van der Waals surface area contributed by atoms with Crippen molar-refractivity contribution in [3.05, 3.63) is 146 Å². The molecule has 0 saturated carbocycles. The van der Waals surface area contributed by atoms with Gasteiger partial charge in [-0.15, -0.1) is 0 Å². The van der Waals surface area contributed by atoms with Gasteiger partial charge in [0.1, 0.15) is 28.5 Å². The summed E-state index contributed by atoms with van der Waals surface area (Å²) in [7, 11) is -2.07. The molecule has 0 atom stereocenters. The van der Waals surface area contributed by atoms with E-state index >= 15 is 0 Å². The van der Waals surface area contributed by atoms with Crippen LogP contribution in [0, 0.1) is 0 Å². The van der Waals surface area contributed by atoms with E-state index in [9.17, 15) is 0 Å². The Bertz CT molecular complexity index is 1440. The van der Waals surface area contributed by atoms with Crippen molar-refractivity contribution in [2.24, 2.45) is 0 Å². The molecule has 0 heterocycles. The summed E-state index contributed by atoms with van der Waals surface area (Å²) in [5, 5.41) is 10.7. The third kappa shape index (κ3) is 3.35. The van der Waals surface area contributed by atoms with Crippen molar-refractivity contribution < 1.29 is 0 Å². The lowest BCUT2D eigenvalue weighted by Gasteiger charge is -2.27. The number of hydrogen-bond donors (Lipinski definition) is 0. The largest absolute Gasteiger partial charge is 0.144 e. The van der Waals surface area contributed by atoms with Gasteiger partial charge in [0, 0.05) is 0 Å². The van der Waals surface area contributed by atoms with Gasteiger partial charge in [0.25, 0.3) is 0 Å². The summed E-state index contributed by atoms with van der Waals surface area (Å²) in [4.78, 5) is 0. The summed E-state index contributed by atoms with van der Waals surface area (Å²) in [6, 6.07) is 53.6. The van der Waals surface area contributed by atoms with Gasteiger partial charge in [0.15, 0.2) is 0 Å². The summed E-state index contributed by atoms with van der Waals surface area (Å²) >= 11 is 0. The van der Waals surface area contributed by atoms with Gasteiger partial charge in [-0.3, -0.25) is 0 Å². The molecule has 6 aromatic carbocycles. The molecule has 1 heteroatoms. The molecule has 33 heavy (non-hydrogen) atoms. The van der Waals surface area contributed by atoms with Crippen LogP contribution in [0.3, 0.4) is 0 Å². The molecule has 0 radical (unpaired) electrons. The van der Waals surface area contributed by atoms with Gasteiger partial charge in [0.2, 0.25) is 0 Å². The number of fused-ring (bicyclic) bond motifs is 2. The Morgan fingerprint density at radius 3 is 1.15 bits per heavy atom. The molecule has 0 N–H and O–H groups in total. The zero-order valence-electron chi connectivity index (χ0n) is 18.3. The minimum absolute atomic E-state index is 1.28. The maximum atomic E-state index is 2.43. The molecular weight excluding hydrogens is 415 g/mol. The fourth-order valence-corrected chi connectivity index (χ4v) is 9.26. The van der Waals surface area contributed by atoms with Gasteiger partial charge in [-0.25, -0.2) is 0 Å². The Labute approximate surface area is 195 Å². The van der Waals surface area contributed by atoms with Gasteiger partial charge in [0.05, 0.1) is 0 Å². The van der Waals surface area contributed by atoms with Gasteiger partial charge in [-0.1, -0.05) is 84.9 Å². The normalized spacial score (nSPS) is 11.6. The molecule has 0 aliphatic heterocycles. The summed E-state index contributed by atoms with van der Waals surface area (Å²) in [5.74, 6) is 0. The van der Waals surface area contributed by atoms with Crippen molar-refractivity contribution in [1.82, 2.24) is 0 Å². The minimum Gasteiger partial charge on any atom is -0.0620 e. The van der Waals surface area contributed by atoms with Crippen LogP contribution in [-0.2, 0) is 0 Å². The lowest BCUT2D eigenvalue weighted by molar-refractivity contribution is 1.72. The first-order valence-electron chi connectivity index (χ1n) is 11.3. The van der Waals surface area contributed by atoms with E-state index in [1.54, 1.807) is 0 Å². The van der Waals surface area contributed by atoms with Crippen LogP contribution in [0.25, 0.3) is 21.5 Å². The Balaban J connectivity index is 1.72. The van der Waals surface area contributed by atoms with Crippen molar-refractivity contribution in [1.29, 1.82) is 0 Å². The van der Waals surface area contributed by atoms with Crippen molar-refractivity contribution in [3.63, 3.8) is 0 Å². The molecule has 0 nitrogen and oxygen atoms in total. The third-order valence-corrected chi connectivity index (χ3v) is 10.8. The molecule has 0 fully saturated rings. The topological polar surface area (TPSA) is 0 Å². The second kappa shape index (κ2) is 8.32. The van der Waals surface area contributed by atoms with Crippen LogP contribution in [0.4, 0.5) is 0 Å². The van der Waals surface area contributed by atoms with Gasteiger partial charge < -0.3 is 0 Å². The average molecular weight is 440 g/mol. The molecular formula is C32H24P+. The number of rotatable bonds is 4. The molecule has 0 unspecified atom stereocenters. The molecule has 156 valence electrons. The number of benzene rings is 6. The fraction of sp³-hybridized carbons (Fsp3) is 0. The second-order valence-corrected chi connectivity index (χ2v) is 11.8. The van der Waals surface area contributed by atoms with E-state index < -0.39 is 7.26 Å². The molecule has 0 aliphatic rings. The number of hydrogen-bond acceptors (Lipinski definition) is 0.